The molecule has 0 fully saturated rings. The lowest BCUT2D eigenvalue weighted by molar-refractivity contribution is 0.257. The van der Waals surface area contributed by atoms with Gasteiger partial charge < -0.3 is 9.87 Å². The highest BCUT2D eigenvalue weighted by Crippen LogP contribution is 2.18. The highest BCUT2D eigenvalue weighted by molar-refractivity contribution is 7.80. The predicted octanol–water partition coefficient (Wildman–Crippen LogP) is 1.67. The fourth-order valence-corrected chi connectivity index (χ4v) is 1.02. The summed E-state index contributed by atoms with van der Waals surface area (Å²) >= 11 is -2.41. The number of hydrogen-bond acceptors (Lipinski definition) is 2. The number of nitrogens with one attached hydrogen (secondary N) is 1. The summed E-state index contributed by atoms with van der Waals surface area (Å²) in [6.07, 6.45) is 0.0351. The van der Waals surface area contributed by atoms with Gasteiger partial charge in [-0.05, 0) is 34.2 Å². The summed E-state index contributed by atoms with van der Waals surface area (Å²) in [6, 6.07) is 0. The van der Waals surface area contributed by atoms with Gasteiger partial charge in [0.15, 0.2) is 11.1 Å². The van der Waals surface area contributed by atoms with Crippen molar-refractivity contribution in [3.63, 3.8) is 0 Å². The second-order valence-electron chi connectivity index (χ2n) is 4.28. The summed E-state index contributed by atoms with van der Waals surface area (Å²) in [6.45, 7) is 7.39. The van der Waals surface area contributed by atoms with E-state index < -0.39 is 16.1 Å². The van der Waals surface area contributed by atoms with Crippen molar-refractivity contribution in [1.82, 2.24) is 5.32 Å². The van der Waals surface area contributed by atoms with Crippen LogP contribution in [0.3, 0.4) is 0 Å². The van der Waals surface area contributed by atoms with Gasteiger partial charge in [0.05, 0.1) is 0 Å². The van der Waals surface area contributed by atoms with Crippen molar-refractivity contribution in [1.29, 1.82) is 0 Å². The van der Waals surface area contributed by atoms with Gasteiger partial charge in [-0.1, -0.05) is 0 Å². The molecule has 0 amide bonds. The zero-order valence-electron chi connectivity index (χ0n) is 8.56. The normalized spacial score (nSPS) is 19.5. The van der Waals surface area contributed by atoms with Crippen LogP contribution in [0.2, 0.25) is 0 Å². The Morgan fingerprint density at radius 2 is 1.85 bits per heavy atom. The van der Waals surface area contributed by atoms with E-state index in [9.17, 15) is 8.60 Å². The van der Waals surface area contributed by atoms with Crippen molar-refractivity contribution in [3.05, 3.63) is 0 Å². The van der Waals surface area contributed by atoms with Crippen molar-refractivity contribution >= 4 is 11.1 Å². The van der Waals surface area contributed by atoms with E-state index in [2.05, 4.69) is 5.32 Å². The lowest BCUT2D eigenvalue weighted by Crippen LogP contribution is -2.39. The Hall–Kier alpha value is -0.0000000000000000486. The topological polar surface area (TPSA) is 49.3 Å². The minimum atomic E-state index is -2.41. The first kappa shape index (κ1) is 13.0. The third kappa shape index (κ3) is 6.12. The van der Waals surface area contributed by atoms with Gasteiger partial charge >= 0.3 is 0 Å². The minimum absolute atomic E-state index is 0.0351. The SMILES string of the molecule is CC(C)(C)NCCC(C)(F)S(=O)O. The Kier molecular flexibility index (Phi) is 4.48. The van der Waals surface area contributed by atoms with E-state index in [1.54, 1.807) is 0 Å². The van der Waals surface area contributed by atoms with Gasteiger partial charge in [-0.25, -0.2) is 8.60 Å². The van der Waals surface area contributed by atoms with E-state index in [1.807, 2.05) is 20.8 Å². The molecule has 0 aliphatic heterocycles. The Morgan fingerprint density at radius 3 is 2.15 bits per heavy atom. The minimum Gasteiger partial charge on any atom is -0.312 e. The zero-order valence-corrected chi connectivity index (χ0v) is 9.37. The van der Waals surface area contributed by atoms with Crippen LogP contribution in [0.25, 0.3) is 0 Å². The van der Waals surface area contributed by atoms with Crippen molar-refractivity contribution in [2.75, 3.05) is 6.54 Å². The lowest BCUT2D eigenvalue weighted by atomic mass is 10.1. The molecule has 0 aromatic rings. The van der Waals surface area contributed by atoms with E-state index in [4.69, 9.17) is 4.55 Å². The molecule has 2 unspecified atom stereocenters. The van der Waals surface area contributed by atoms with Gasteiger partial charge in [-0.15, -0.1) is 0 Å². The Bertz CT molecular complexity index is 189. The van der Waals surface area contributed by atoms with Crippen LogP contribution < -0.4 is 5.32 Å². The largest absolute Gasteiger partial charge is 0.312 e. The van der Waals surface area contributed by atoms with Gasteiger partial charge in [-0.2, -0.15) is 0 Å². The fraction of sp³-hybridized carbons (Fsp3) is 1.00. The number of rotatable bonds is 4. The van der Waals surface area contributed by atoms with Crippen LogP contribution in [0.15, 0.2) is 0 Å². The molecule has 0 aromatic carbocycles. The lowest BCUT2D eigenvalue weighted by Gasteiger charge is -2.23. The predicted molar refractivity (Wildman–Crippen MR) is 52.7 cm³/mol. The van der Waals surface area contributed by atoms with Crippen molar-refractivity contribution < 1.29 is 13.2 Å². The molecule has 0 rings (SSSR count). The number of hydrogen-bond donors (Lipinski definition) is 2. The van der Waals surface area contributed by atoms with E-state index in [0.29, 0.717) is 6.54 Å². The van der Waals surface area contributed by atoms with Gasteiger partial charge in [0.25, 0.3) is 0 Å². The number of halogens is 1. The van der Waals surface area contributed by atoms with Crippen LogP contribution >= 0.6 is 0 Å². The maximum Gasteiger partial charge on any atom is 0.208 e. The monoisotopic (exact) mass is 211 g/mol. The van der Waals surface area contributed by atoms with Crippen LogP contribution in [0, 0.1) is 0 Å². The second-order valence-corrected chi connectivity index (χ2v) is 5.63. The van der Waals surface area contributed by atoms with Crippen LogP contribution in [-0.2, 0) is 11.1 Å². The molecular weight excluding hydrogens is 193 g/mol. The van der Waals surface area contributed by atoms with E-state index in [1.165, 1.54) is 0 Å². The molecule has 5 heteroatoms. The number of alkyl halides is 1. The molecular formula is C8H18FNO2S. The van der Waals surface area contributed by atoms with E-state index >= 15 is 0 Å². The first-order valence-electron chi connectivity index (χ1n) is 4.20. The summed E-state index contributed by atoms with van der Waals surface area (Å²) in [5.74, 6) is 0. The maximum atomic E-state index is 13.2. The maximum absolute atomic E-state index is 13.2. The van der Waals surface area contributed by atoms with E-state index in [-0.39, 0.29) is 12.0 Å². The first-order valence-corrected chi connectivity index (χ1v) is 5.31. The average Bonchev–Trinajstić information content (AvgIpc) is 1.82. The van der Waals surface area contributed by atoms with Gasteiger partial charge in [0.2, 0.25) is 5.00 Å². The third-order valence-electron chi connectivity index (χ3n) is 1.59. The quantitative estimate of drug-likeness (QED) is 0.695. The Balaban J connectivity index is 3.84. The first-order chi connectivity index (χ1) is 5.65. The molecule has 13 heavy (non-hydrogen) atoms. The molecule has 0 aliphatic rings. The smallest absolute Gasteiger partial charge is 0.208 e. The molecule has 0 radical (unpaired) electrons. The molecule has 0 saturated carbocycles. The van der Waals surface area contributed by atoms with Gasteiger partial charge in [0.1, 0.15) is 0 Å². The summed E-state index contributed by atoms with van der Waals surface area (Å²) in [5, 5.41) is 1.03. The van der Waals surface area contributed by atoms with Crippen LogP contribution in [0.5, 0.6) is 0 Å². The highest BCUT2D eigenvalue weighted by atomic mass is 32.2. The van der Waals surface area contributed by atoms with Crippen LogP contribution in [-0.4, -0.2) is 25.8 Å². The Morgan fingerprint density at radius 1 is 1.38 bits per heavy atom. The molecule has 2 atom stereocenters. The highest BCUT2D eigenvalue weighted by Gasteiger charge is 2.30. The van der Waals surface area contributed by atoms with Crippen molar-refractivity contribution in [3.8, 4) is 0 Å². The fourth-order valence-electron chi connectivity index (χ4n) is 0.748. The average molecular weight is 211 g/mol. The summed E-state index contributed by atoms with van der Waals surface area (Å²) in [4.78, 5) is 0. The summed E-state index contributed by atoms with van der Waals surface area (Å²) in [7, 11) is 0. The molecule has 0 spiro atoms. The molecule has 80 valence electrons. The molecule has 0 saturated heterocycles. The third-order valence-corrected chi connectivity index (χ3v) is 2.52. The molecule has 0 heterocycles. The summed E-state index contributed by atoms with van der Waals surface area (Å²) in [5.41, 5.74) is -0.0903. The van der Waals surface area contributed by atoms with E-state index in [0.717, 1.165) is 6.92 Å². The van der Waals surface area contributed by atoms with Crippen LogP contribution in [0.1, 0.15) is 34.1 Å². The second kappa shape index (κ2) is 4.48. The summed E-state index contributed by atoms with van der Waals surface area (Å²) < 4.78 is 32.3. The zero-order chi connectivity index (χ0) is 10.7. The molecule has 0 aromatic heterocycles. The van der Waals surface area contributed by atoms with Gasteiger partial charge in [-0.3, -0.25) is 0 Å². The molecule has 3 nitrogen and oxygen atoms in total. The van der Waals surface area contributed by atoms with Gasteiger partial charge in [0, 0.05) is 12.0 Å². The molecule has 2 N–H and O–H groups in total. The Labute approximate surface area is 81.4 Å². The van der Waals surface area contributed by atoms with Crippen molar-refractivity contribution in [2.45, 2.75) is 44.7 Å². The van der Waals surface area contributed by atoms with Crippen molar-refractivity contribution in [2.24, 2.45) is 0 Å². The standard InChI is InChI=1S/C8H18FNO2S/c1-7(2,3)10-6-5-8(4,9)13(11)12/h10H,5-6H2,1-4H3,(H,11,12). The molecule has 0 bridgehead atoms. The van der Waals surface area contributed by atoms with Crippen LogP contribution in [0.4, 0.5) is 4.39 Å². The molecule has 0 aliphatic carbocycles.